The summed E-state index contributed by atoms with van der Waals surface area (Å²) in [6, 6.07) is 10.0. The van der Waals surface area contributed by atoms with Crippen molar-refractivity contribution in [1.82, 2.24) is 29.1 Å². The van der Waals surface area contributed by atoms with Crippen molar-refractivity contribution in [3.8, 4) is 17.0 Å². The molecular formula is C24H28N6O2S. The van der Waals surface area contributed by atoms with Crippen LogP contribution in [-0.2, 0) is 11.2 Å². The molecule has 0 saturated carbocycles. The summed E-state index contributed by atoms with van der Waals surface area (Å²) in [7, 11) is 0. The second-order valence-electron chi connectivity index (χ2n) is 8.19. The fourth-order valence-electron chi connectivity index (χ4n) is 4.02. The number of fused-ring (bicyclic) bond motifs is 3. The fraction of sp³-hybridized carbons (Fsp3) is 0.417. The second-order valence-corrected chi connectivity index (χ2v) is 9.41. The molecule has 0 unspecified atom stereocenters. The van der Waals surface area contributed by atoms with E-state index >= 15 is 0 Å². The average Bonchev–Trinajstić information content (AvgIpc) is 3.48. The molecule has 1 aromatic carbocycles. The summed E-state index contributed by atoms with van der Waals surface area (Å²) in [6.45, 7) is 4.57. The number of aryl methyl sites for hydroxylation is 1. The normalized spacial score (nSPS) is 14.3. The molecule has 1 saturated heterocycles. The molecule has 33 heavy (non-hydrogen) atoms. The molecule has 1 fully saturated rings. The minimum absolute atomic E-state index is 0.196. The van der Waals surface area contributed by atoms with Crippen molar-refractivity contribution in [2.45, 2.75) is 32.6 Å². The van der Waals surface area contributed by atoms with Gasteiger partial charge in [0.25, 0.3) is 0 Å². The number of amides is 1. The topological polar surface area (TPSA) is 77.0 Å². The van der Waals surface area contributed by atoms with Gasteiger partial charge in [0.2, 0.25) is 5.91 Å². The van der Waals surface area contributed by atoms with Gasteiger partial charge in [0.1, 0.15) is 17.1 Å². The predicted octanol–water partition coefficient (Wildman–Crippen LogP) is 3.73. The monoisotopic (exact) mass is 464 g/mol. The number of hydrogen-bond acceptors (Lipinski definition) is 6. The van der Waals surface area contributed by atoms with E-state index in [1.54, 1.807) is 0 Å². The Morgan fingerprint density at radius 1 is 1.12 bits per heavy atom. The van der Waals surface area contributed by atoms with Gasteiger partial charge in [-0.2, -0.15) is 16.9 Å². The van der Waals surface area contributed by atoms with Gasteiger partial charge in [0.05, 0.1) is 12.3 Å². The first kappa shape index (κ1) is 21.8. The molecule has 172 valence electrons. The first-order chi connectivity index (χ1) is 16.2. The maximum Gasteiger partial charge on any atom is 0.223 e. The van der Waals surface area contributed by atoms with Gasteiger partial charge in [0.15, 0.2) is 5.65 Å². The van der Waals surface area contributed by atoms with Gasteiger partial charge in [-0.15, -0.1) is 10.2 Å². The summed E-state index contributed by atoms with van der Waals surface area (Å²) < 4.78 is 9.55. The van der Waals surface area contributed by atoms with Gasteiger partial charge < -0.3 is 9.64 Å². The zero-order valence-corrected chi connectivity index (χ0v) is 19.6. The van der Waals surface area contributed by atoms with Gasteiger partial charge in [0, 0.05) is 55.4 Å². The van der Waals surface area contributed by atoms with E-state index in [2.05, 4.69) is 17.1 Å². The number of ether oxygens (including phenoxy) is 1. The first-order valence-corrected chi connectivity index (χ1v) is 12.7. The molecule has 1 aliphatic rings. The molecule has 0 spiro atoms. The van der Waals surface area contributed by atoms with Crippen LogP contribution in [0.25, 0.3) is 22.4 Å². The molecule has 8 nitrogen and oxygen atoms in total. The number of benzene rings is 1. The smallest absolute Gasteiger partial charge is 0.223 e. The lowest BCUT2D eigenvalue weighted by Gasteiger charge is -2.26. The van der Waals surface area contributed by atoms with Crippen LogP contribution in [0, 0.1) is 0 Å². The van der Waals surface area contributed by atoms with Gasteiger partial charge in [-0.25, -0.2) is 4.52 Å². The molecule has 0 atom stereocenters. The summed E-state index contributed by atoms with van der Waals surface area (Å²) in [4.78, 5) is 14.5. The fourth-order valence-corrected chi connectivity index (χ4v) is 4.92. The Balaban J connectivity index is 1.33. The van der Waals surface area contributed by atoms with Crippen molar-refractivity contribution in [3.63, 3.8) is 0 Å². The highest BCUT2D eigenvalue weighted by atomic mass is 32.2. The SMILES string of the molecule is CCCCOc1ccc(-c2cc3c4nnc(CCC(=O)N5CCSCC5)n4ccn3n2)cc1. The average molecular weight is 465 g/mol. The van der Waals surface area contributed by atoms with Gasteiger partial charge in [-0.3, -0.25) is 9.20 Å². The lowest BCUT2D eigenvalue weighted by molar-refractivity contribution is -0.130. The standard InChI is InChI=1S/C24H28N6O2S/c1-2-3-14-32-19-6-4-18(5-7-19)20-17-21-24-26-25-22(29(24)10-11-30(21)27-20)8-9-23(31)28-12-15-33-16-13-28/h4-7,10-11,17H,2-3,8-9,12-16H2,1H3. The van der Waals surface area contributed by atoms with Crippen LogP contribution >= 0.6 is 11.8 Å². The van der Waals surface area contributed by atoms with E-state index in [1.165, 1.54) is 0 Å². The highest BCUT2D eigenvalue weighted by Crippen LogP contribution is 2.24. The zero-order valence-electron chi connectivity index (χ0n) is 18.8. The van der Waals surface area contributed by atoms with Crippen LogP contribution in [0.3, 0.4) is 0 Å². The third-order valence-electron chi connectivity index (χ3n) is 5.93. The first-order valence-electron chi connectivity index (χ1n) is 11.5. The third kappa shape index (κ3) is 4.68. The Morgan fingerprint density at radius 3 is 2.73 bits per heavy atom. The Labute approximate surface area is 196 Å². The molecular weight excluding hydrogens is 436 g/mol. The molecule has 1 amide bonds. The Kier molecular flexibility index (Phi) is 6.48. The Bertz CT molecular complexity index is 1240. The highest BCUT2D eigenvalue weighted by molar-refractivity contribution is 7.99. The van der Waals surface area contributed by atoms with Gasteiger partial charge >= 0.3 is 0 Å². The molecule has 1 aliphatic heterocycles. The Hall–Kier alpha value is -3.07. The van der Waals surface area contributed by atoms with Crippen LogP contribution in [0.1, 0.15) is 32.0 Å². The van der Waals surface area contributed by atoms with E-state index < -0.39 is 0 Å². The van der Waals surface area contributed by atoms with E-state index in [1.807, 2.05) is 68.3 Å². The van der Waals surface area contributed by atoms with Crippen molar-refractivity contribution in [2.24, 2.45) is 0 Å². The van der Waals surface area contributed by atoms with Gasteiger partial charge in [-0.1, -0.05) is 13.3 Å². The molecule has 0 radical (unpaired) electrons. The van der Waals surface area contributed by atoms with Crippen molar-refractivity contribution in [1.29, 1.82) is 0 Å². The van der Waals surface area contributed by atoms with Crippen LogP contribution < -0.4 is 4.74 Å². The van der Waals surface area contributed by atoms with Crippen LogP contribution in [0.15, 0.2) is 42.7 Å². The number of rotatable bonds is 8. The van der Waals surface area contributed by atoms with E-state index in [0.29, 0.717) is 12.8 Å². The second kappa shape index (κ2) is 9.82. The van der Waals surface area contributed by atoms with Crippen molar-refractivity contribution >= 4 is 28.8 Å². The maximum absolute atomic E-state index is 12.5. The summed E-state index contributed by atoms with van der Waals surface area (Å²) in [6.07, 6.45) is 7.02. The molecule has 5 rings (SSSR count). The summed E-state index contributed by atoms with van der Waals surface area (Å²) in [5.74, 6) is 3.91. The molecule has 4 aromatic rings. The third-order valence-corrected chi connectivity index (χ3v) is 6.87. The lowest BCUT2D eigenvalue weighted by Crippen LogP contribution is -2.38. The minimum atomic E-state index is 0.196. The van der Waals surface area contributed by atoms with E-state index in [4.69, 9.17) is 9.84 Å². The van der Waals surface area contributed by atoms with Crippen LogP contribution in [0.2, 0.25) is 0 Å². The number of nitrogens with zero attached hydrogens (tertiary/aromatic N) is 6. The molecule has 3 aromatic heterocycles. The summed E-state index contributed by atoms with van der Waals surface area (Å²) >= 11 is 1.90. The highest BCUT2D eigenvalue weighted by Gasteiger charge is 2.18. The number of carbonyl (C=O) groups excluding carboxylic acids is 1. The number of carbonyl (C=O) groups is 1. The van der Waals surface area contributed by atoms with Crippen LogP contribution in [-0.4, -0.2) is 66.2 Å². The zero-order chi connectivity index (χ0) is 22.6. The number of aromatic nitrogens is 5. The number of thioether (sulfide) groups is 1. The molecule has 0 bridgehead atoms. The molecule has 9 heteroatoms. The van der Waals surface area contributed by atoms with Crippen molar-refractivity contribution in [3.05, 3.63) is 48.5 Å². The quantitative estimate of drug-likeness (QED) is 0.370. The van der Waals surface area contributed by atoms with Crippen molar-refractivity contribution < 1.29 is 9.53 Å². The molecule has 4 heterocycles. The van der Waals surface area contributed by atoms with E-state index in [9.17, 15) is 4.79 Å². The molecule has 0 aliphatic carbocycles. The van der Waals surface area contributed by atoms with Gasteiger partial charge in [-0.05, 0) is 36.8 Å². The summed E-state index contributed by atoms with van der Waals surface area (Å²) in [5, 5.41) is 13.5. The molecule has 0 N–H and O–H groups in total. The van der Waals surface area contributed by atoms with E-state index in [0.717, 1.165) is 78.0 Å². The largest absolute Gasteiger partial charge is 0.494 e. The maximum atomic E-state index is 12.5. The Morgan fingerprint density at radius 2 is 1.94 bits per heavy atom. The van der Waals surface area contributed by atoms with Crippen LogP contribution in [0.4, 0.5) is 0 Å². The number of hydrogen-bond donors (Lipinski definition) is 0. The predicted molar refractivity (Wildman–Crippen MR) is 130 cm³/mol. The van der Waals surface area contributed by atoms with Crippen LogP contribution in [0.5, 0.6) is 5.75 Å². The summed E-state index contributed by atoms with van der Waals surface area (Å²) in [5.41, 5.74) is 3.51. The minimum Gasteiger partial charge on any atom is -0.494 e. The van der Waals surface area contributed by atoms with Crippen molar-refractivity contribution in [2.75, 3.05) is 31.2 Å². The van der Waals surface area contributed by atoms with E-state index in [-0.39, 0.29) is 5.91 Å². The lowest BCUT2D eigenvalue weighted by atomic mass is 10.1. The number of unbranched alkanes of at least 4 members (excludes halogenated alkanes) is 1.